The van der Waals surface area contributed by atoms with E-state index in [1.807, 2.05) is 0 Å². The van der Waals surface area contributed by atoms with Crippen LogP contribution in [0.3, 0.4) is 0 Å². The monoisotopic (exact) mass is 644 g/mol. The van der Waals surface area contributed by atoms with Gasteiger partial charge in [-0.05, 0) is 123 Å². The number of aryl methyl sites for hydroxylation is 3. The smallest absolute Gasteiger partial charge is 0.177 e. The summed E-state index contributed by atoms with van der Waals surface area (Å²) in [6.45, 7) is 22.0. The lowest BCUT2D eigenvalue weighted by Gasteiger charge is -2.42. The molecule has 0 aromatic heterocycles. The summed E-state index contributed by atoms with van der Waals surface area (Å²) in [4.78, 5) is 0. The van der Waals surface area contributed by atoms with Crippen molar-refractivity contribution in [3.05, 3.63) is 73.5 Å². The number of hydrogen-bond acceptors (Lipinski definition) is 6. The number of allylic oxidation sites excluding steroid dienone is 4. The summed E-state index contributed by atoms with van der Waals surface area (Å²) in [7, 11) is 7.07. The number of ether oxygens (including phenoxy) is 6. The molecule has 1 aliphatic rings. The molecule has 3 aromatic rings. The minimum absolute atomic E-state index is 0.195. The molecule has 46 heavy (non-hydrogen) atoms. The predicted octanol–water partition coefficient (Wildman–Crippen LogP) is 6.90. The zero-order valence-electron chi connectivity index (χ0n) is 30.8. The second-order valence-electron chi connectivity index (χ2n) is 12.6. The van der Waals surface area contributed by atoms with E-state index in [1.54, 1.807) is 42.7 Å². The molecule has 0 N–H and O–H groups in total. The van der Waals surface area contributed by atoms with Crippen LogP contribution in [-0.4, -0.2) is 50.7 Å². The Labute approximate surface area is 277 Å². The average molecular weight is 645 g/mol. The molecule has 0 amide bonds. The highest BCUT2D eigenvalue weighted by molar-refractivity contribution is 7.17. The van der Waals surface area contributed by atoms with Gasteiger partial charge in [0.25, 0.3) is 0 Å². The van der Waals surface area contributed by atoms with Gasteiger partial charge < -0.3 is 28.4 Å². The van der Waals surface area contributed by atoms with Gasteiger partial charge in [0.05, 0.1) is 42.7 Å². The largest absolute Gasteiger partial charge is 0.493 e. The number of methoxy groups -OCH3 is 6. The van der Waals surface area contributed by atoms with Gasteiger partial charge in [0.2, 0.25) is 0 Å². The molecular weight excluding hydrogens is 593 g/mol. The lowest BCUT2D eigenvalue weighted by atomic mass is 10.1. The quantitative estimate of drug-likeness (QED) is 0.177. The molecule has 6 nitrogen and oxygen atoms in total. The Hall–Kier alpha value is -3.84. The molecule has 1 unspecified atom stereocenters. The van der Waals surface area contributed by atoms with Crippen LogP contribution >= 0.6 is 0 Å². The van der Waals surface area contributed by atoms with Gasteiger partial charge in [0, 0.05) is 0 Å². The van der Waals surface area contributed by atoms with Gasteiger partial charge in [-0.1, -0.05) is 41.5 Å². The Kier molecular flexibility index (Phi) is 9.98. The highest BCUT2D eigenvalue weighted by Gasteiger charge is 2.52. The fraction of sp³-hybridized carbons (Fsp3) is 0.436. The molecule has 0 heterocycles. The molecule has 0 saturated heterocycles. The fourth-order valence-corrected chi connectivity index (χ4v) is 14.8. The van der Waals surface area contributed by atoms with E-state index < -0.39 is 8.07 Å². The molecule has 1 atom stereocenters. The molecule has 0 spiro atoms. The third-order valence-electron chi connectivity index (χ3n) is 10.5. The Balaban J connectivity index is 2.50. The van der Waals surface area contributed by atoms with Crippen LogP contribution in [0, 0.1) is 47.5 Å². The van der Waals surface area contributed by atoms with Crippen molar-refractivity contribution in [2.24, 2.45) is 5.92 Å². The zero-order chi connectivity index (χ0) is 34.4. The van der Waals surface area contributed by atoms with Gasteiger partial charge in [-0.15, -0.1) is 0 Å². The molecule has 7 heteroatoms. The van der Waals surface area contributed by atoms with Crippen LogP contribution in [0.4, 0.5) is 0 Å². The van der Waals surface area contributed by atoms with Crippen molar-refractivity contribution in [1.82, 2.24) is 0 Å². The Morgan fingerprint density at radius 1 is 0.435 bits per heavy atom. The molecular formula is C39H52O6Si. The standard InChI is InChI=1S/C39H52O6Si/c1-20-17-30(27(8)36(43-14)33(20)40-11)46(39-25(6)23(4)24(5)26(39)7,31-18-21(2)34(41-12)37(44-15)28(31)9)32-19-22(3)35(42-13)38(45-16)29(32)10/h17-19,25H,1-16H3. The van der Waals surface area contributed by atoms with Crippen molar-refractivity contribution in [3.63, 3.8) is 0 Å². The van der Waals surface area contributed by atoms with Crippen LogP contribution in [0.15, 0.2) is 40.1 Å². The first-order valence-corrected chi connectivity index (χ1v) is 17.8. The van der Waals surface area contributed by atoms with E-state index in [0.29, 0.717) is 0 Å². The molecule has 248 valence electrons. The minimum atomic E-state index is -3.25. The molecule has 0 bridgehead atoms. The van der Waals surface area contributed by atoms with Crippen LogP contribution in [0.1, 0.15) is 61.1 Å². The summed E-state index contributed by atoms with van der Waals surface area (Å²) >= 11 is 0. The van der Waals surface area contributed by atoms with Crippen molar-refractivity contribution in [1.29, 1.82) is 0 Å². The molecule has 3 aromatic carbocycles. The first kappa shape index (κ1) is 35.0. The Bertz CT molecular complexity index is 1600. The van der Waals surface area contributed by atoms with Gasteiger partial charge in [0.15, 0.2) is 42.6 Å². The molecule has 4 rings (SSSR count). The molecule has 0 aliphatic heterocycles. The van der Waals surface area contributed by atoms with Crippen LogP contribution in [-0.2, 0) is 0 Å². The number of hydrogen-bond donors (Lipinski definition) is 0. The summed E-state index contributed by atoms with van der Waals surface area (Å²) in [5.74, 6) is 4.71. The maximum Gasteiger partial charge on any atom is 0.177 e. The maximum absolute atomic E-state index is 6.17. The topological polar surface area (TPSA) is 55.4 Å². The lowest BCUT2D eigenvalue weighted by Crippen LogP contribution is -2.71. The van der Waals surface area contributed by atoms with Crippen LogP contribution in [0.25, 0.3) is 0 Å². The SMILES string of the molecule is COc1c(C)cc([Si](C2=C(C)C(C)=C(C)C2C)(c2cc(C)c(OC)c(OC)c2C)c2cc(C)c(OC)c(OC)c2C)c(C)c1OC. The number of benzene rings is 3. The zero-order valence-corrected chi connectivity index (χ0v) is 31.8. The molecule has 0 saturated carbocycles. The maximum atomic E-state index is 6.17. The number of rotatable bonds is 10. The lowest BCUT2D eigenvalue weighted by molar-refractivity contribution is 0.351. The third-order valence-corrected chi connectivity index (χ3v) is 16.1. The predicted molar refractivity (Wildman–Crippen MR) is 192 cm³/mol. The molecule has 0 fully saturated rings. The van der Waals surface area contributed by atoms with E-state index in [1.165, 1.54) is 37.5 Å². The summed E-state index contributed by atoms with van der Waals surface area (Å²) in [5.41, 5.74) is 10.3. The average Bonchev–Trinajstić information content (AvgIpc) is 3.22. The van der Waals surface area contributed by atoms with Crippen molar-refractivity contribution in [3.8, 4) is 34.5 Å². The van der Waals surface area contributed by atoms with Crippen LogP contribution in [0.5, 0.6) is 34.5 Å². The Morgan fingerprint density at radius 2 is 0.717 bits per heavy atom. The van der Waals surface area contributed by atoms with Crippen molar-refractivity contribution in [2.45, 2.75) is 69.2 Å². The van der Waals surface area contributed by atoms with E-state index in [9.17, 15) is 0 Å². The van der Waals surface area contributed by atoms with E-state index in [-0.39, 0.29) is 5.92 Å². The van der Waals surface area contributed by atoms with Crippen LogP contribution < -0.4 is 44.0 Å². The second-order valence-corrected chi connectivity index (χ2v) is 16.3. The fourth-order valence-electron chi connectivity index (χ4n) is 8.09. The van der Waals surface area contributed by atoms with Gasteiger partial charge in [-0.3, -0.25) is 0 Å². The Morgan fingerprint density at radius 3 is 0.935 bits per heavy atom. The van der Waals surface area contributed by atoms with Gasteiger partial charge in [-0.25, -0.2) is 0 Å². The van der Waals surface area contributed by atoms with Gasteiger partial charge in [0.1, 0.15) is 0 Å². The van der Waals surface area contributed by atoms with Crippen molar-refractivity contribution < 1.29 is 28.4 Å². The van der Waals surface area contributed by atoms with Crippen LogP contribution in [0.2, 0.25) is 0 Å². The highest BCUT2D eigenvalue weighted by Crippen LogP contribution is 2.46. The first-order chi connectivity index (χ1) is 21.7. The molecule has 1 aliphatic carbocycles. The highest BCUT2D eigenvalue weighted by atomic mass is 28.3. The molecule has 0 radical (unpaired) electrons. The van der Waals surface area contributed by atoms with Crippen molar-refractivity contribution in [2.75, 3.05) is 42.7 Å². The minimum Gasteiger partial charge on any atom is -0.493 e. The third kappa shape index (κ3) is 4.89. The van der Waals surface area contributed by atoms with E-state index in [2.05, 4.69) is 87.4 Å². The summed E-state index contributed by atoms with van der Waals surface area (Å²) in [6.07, 6.45) is 0. The van der Waals surface area contributed by atoms with E-state index >= 15 is 0 Å². The van der Waals surface area contributed by atoms with E-state index in [0.717, 1.165) is 67.9 Å². The summed E-state index contributed by atoms with van der Waals surface area (Å²) in [5, 5.41) is 5.18. The first-order valence-electron chi connectivity index (χ1n) is 15.8. The normalized spacial score (nSPS) is 15.0. The van der Waals surface area contributed by atoms with E-state index in [4.69, 9.17) is 28.4 Å². The van der Waals surface area contributed by atoms with Gasteiger partial charge in [-0.2, -0.15) is 0 Å². The second kappa shape index (κ2) is 13.1. The summed E-state index contributed by atoms with van der Waals surface area (Å²) in [6, 6.07) is 7.03. The van der Waals surface area contributed by atoms with Crippen molar-refractivity contribution >= 4 is 23.6 Å². The van der Waals surface area contributed by atoms with Gasteiger partial charge >= 0.3 is 0 Å². The summed E-state index contributed by atoms with van der Waals surface area (Å²) < 4.78 is 36.3.